The summed E-state index contributed by atoms with van der Waals surface area (Å²) in [6.07, 6.45) is 4.57. The van der Waals surface area contributed by atoms with Gasteiger partial charge in [0.25, 0.3) is 0 Å². The Morgan fingerprint density at radius 2 is 1.88 bits per heavy atom. The minimum Gasteiger partial charge on any atom is -0.398 e. The van der Waals surface area contributed by atoms with Crippen molar-refractivity contribution in [3.8, 4) is 0 Å². The van der Waals surface area contributed by atoms with E-state index in [1.807, 2.05) is 0 Å². The van der Waals surface area contributed by atoms with E-state index in [1.165, 1.54) is 6.07 Å². The number of anilines is 1. The Balaban J connectivity index is 2.08. The van der Waals surface area contributed by atoms with Crippen LogP contribution in [0.1, 0.15) is 11.1 Å². The van der Waals surface area contributed by atoms with Gasteiger partial charge in [-0.2, -0.15) is 0 Å². The quantitative estimate of drug-likeness (QED) is 0.886. The topological polar surface area (TPSA) is 38.9 Å². The number of aryl methyl sites for hydroxylation is 2. The number of nitrogen functional groups attached to an aromatic ring is 1. The van der Waals surface area contributed by atoms with E-state index >= 15 is 0 Å². The van der Waals surface area contributed by atoms with Crippen molar-refractivity contribution in [2.75, 3.05) is 5.73 Å². The number of hydrogen-bond acceptors (Lipinski definition) is 2. The number of halogens is 2. The molecule has 2 nitrogen and oxygen atoms in total. The van der Waals surface area contributed by atoms with Crippen LogP contribution in [0.25, 0.3) is 0 Å². The molecule has 0 atom stereocenters. The highest BCUT2D eigenvalue weighted by Crippen LogP contribution is 2.14. The zero-order valence-corrected chi connectivity index (χ0v) is 9.16. The predicted molar refractivity (Wildman–Crippen MR) is 62.4 cm³/mol. The zero-order chi connectivity index (χ0) is 12.3. The number of nitrogens with zero attached hydrogens (tertiary/aromatic N) is 1. The van der Waals surface area contributed by atoms with E-state index in [-0.39, 0.29) is 0 Å². The molecule has 2 rings (SSSR count). The summed E-state index contributed by atoms with van der Waals surface area (Å²) >= 11 is 0. The molecule has 0 aliphatic carbocycles. The molecule has 4 heteroatoms. The normalized spacial score (nSPS) is 10.5. The maximum absolute atomic E-state index is 13.0. The molecule has 0 aliphatic heterocycles. The van der Waals surface area contributed by atoms with Gasteiger partial charge in [-0.15, -0.1) is 0 Å². The molecule has 17 heavy (non-hydrogen) atoms. The molecule has 0 aliphatic rings. The first kappa shape index (κ1) is 11.5. The molecule has 2 N–H and O–H groups in total. The number of benzene rings is 1. The van der Waals surface area contributed by atoms with E-state index in [0.29, 0.717) is 18.5 Å². The lowest BCUT2D eigenvalue weighted by atomic mass is 10.0. The monoisotopic (exact) mass is 234 g/mol. The van der Waals surface area contributed by atoms with Crippen LogP contribution in [-0.2, 0) is 12.8 Å². The highest BCUT2D eigenvalue weighted by Gasteiger charge is 2.04. The molecule has 0 amide bonds. The smallest absolute Gasteiger partial charge is 0.159 e. The number of rotatable bonds is 3. The standard InChI is InChI=1S/C13H12F2N2/c14-11-4-2-9(7-12(11)15)1-3-10-8-17-6-5-13(10)16/h2,4-8H,1,3H2,(H2,16,17). The average Bonchev–Trinajstić information content (AvgIpc) is 2.32. The molecule has 0 bridgehead atoms. The van der Waals surface area contributed by atoms with Gasteiger partial charge in [0.2, 0.25) is 0 Å². The molecule has 0 radical (unpaired) electrons. The minimum absolute atomic E-state index is 0.604. The van der Waals surface area contributed by atoms with Crippen LogP contribution in [-0.4, -0.2) is 4.98 Å². The van der Waals surface area contributed by atoms with Crippen molar-refractivity contribution in [2.24, 2.45) is 0 Å². The van der Waals surface area contributed by atoms with E-state index in [2.05, 4.69) is 4.98 Å². The molecule has 1 heterocycles. The number of nitrogens with two attached hydrogens (primary N) is 1. The molecule has 0 unspecified atom stereocenters. The summed E-state index contributed by atoms with van der Waals surface area (Å²) in [5.74, 6) is -1.64. The zero-order valence-electron chi connectivity index (χ0n) is 9.16. The number of hydrogen-bond donors (Lipinski definition) is 1. The fourth-order valence-electron chi connectivity index (χ4n) is 1.62. The van der Waals surface area contributed by atoms with Gasteiger partial charge in [-0.3, -0.25) is 4.98 Å². The van der Waals surface area contributed by atoms with Gasteiger partial charge in [0, 0.05) is 18.1 Å². The summed E-state index contributed by atoms with van der Waals surface area (Å²) in [5.41, 5.74) is 8.09. The maximum atomic E-state index is 13.0. The minimum atomic E-state index is -0.824. The van der Waals surface area contributed by atoms with Crippen molar-refractivity contribution in [3.63, 3.8) is 0 Å². The second-order valence-corrected chi connectivity index (χ2v) is 3.82. The van der Waals surface area contributed by atoms with Gasteiger partial charge in [0.1, 0.15) is 0 Å². The van der Waals surface area contributed by atoms with Crippen molar-refractivity contribution < 1.29 is 8.78 Å². The molecule has 1 aromatic carbocycles. The third kappa shape index (κ3) is 2.78. The van der Waals surface area contributed by atoms with E-state index in [9.17, 15) is 8.78 Å². The fourth-order valence-corrected chi connectivity index (χ4v) is 1.62. The summed E-state index contributed by atoms with van der Waals surface area (Å²) in [7, 11) is 0. The first-order valence-electron chi connectivity index (χ1n) is 5.29. The summed E-state index contributed by atoms with van der Waals surface area (Å²) in [6.45, 7) is 0. The van der Waals surface area contributed by atoms with Gasteiger partial charge in [0.05, 0.1) is 0 Å². The molecular formula is C13H12F2N2. The Labute approximate surface area is 98.1 Å². The van der Waals surface area contributed by atoms with Crippen LogP contribution in [0.15, 0.2) is 36.7 Å². The Hall–Kier alpha value is -1.97. The lowest BCUT2D eigenvalue weighted by Crippen LogP contribution is -1.98. The van der Waals surface area contributed by atoms with Gasteiger partial charge >= 0.3 is 0 Å². The van der Waals surface area contributed by atoms with Crippen molar-refractivity contribution in [3.05, 3.63) is 59.4 Å². The number of pyridine rings is 1. The van der Waals surface area contributed by atoms with Crippen molar-refractivity contribution >= 4 is 5.69 Å². The number of aromatic nitrogens is 1. The third-order valence-corrected chi connectivity index (χ3v) is 2.61. The van der Waals surface area contributed by atoms with Crippen LogP contribution >= 0.6 is 0 Å². The summed E-state index contributed by atoms with van der Waals surface area (Å²) in [6, 6.07) is 5.64. The molecule has 0 saturated carbocycles. The lowest BCUT2D eigenvalue weighted by Gasteiger charge is -2.05. The van der Waals surface area contributed by atoms with Crippen molar-refractivity contribution in [1.82, 2.24) is 4.98 Å². The summed E-state index contributed by atoms with van der Waals surface area (Å²) in [5, 5.41) is 0. The van der Waals surface area contributed by atoms with Crippen molar-refractivity contribution in [2.45, 2.75) is 12.8 Å². The van der Waals surface area contributed by atoms with Crippen LogP contribution in [0, 0.1) is 11.6 Å². The van der Waals surface area contributed by atoms with Gasteiger partial charge in [-0.1, -0.05) is 6.07 Å². The Kier molecular flexibility index (Phi) is 3.32. The molecule has 1 aromatic heterocycles. The molecule has 0 fully saturated rings. The lowest BCUT2D eigenvalue weighted by molar-refractivity contribution is 0.507. The van der Waals surface area contributed by atoms with Crippen molar-refractivity contribution in [1.29, 1.82) is 0 Å². The van der Waals surface area contributed by atoms with Crippen LogP contribution < -0.4 is 5.73 Å². The molecule has 88 valence electrons. The highest BCUT2D eigenvalue weighted by molar-refractivity contribution is 5.44. The summed E-state index contributed by atoms with van der Waals surface area (Å²) < 4.78 is 25.7. The highest BCUT2D eigenvalue weighted by atomic mass is 19.2. The van der Waals surface area contributed by atoms with Gasteiger partial charge < -0.3 is 5.73 Å². The second-order valence-electron chi connectivity index (χ2n) is 3.82. The van der Waals surface area contributed by atoms with Gasteiger partial charge in [-0.05, 0) is 42.2 Å². The van der Waals surface area contributed by atoms with Crippen LogP contribution in [0.2, 0.25) is 0 Å². The van der Waals surface area contributed by atoms with Crippen LogP contribution in [0.3, 0.4) is 0 Å². The summed E-state index contributed by atoms with van der Waals surface area (Å²) in [4.78, 5) is 3.98. The van der Waals surface area contributed by atoms with Gasteiger partial charge in [0.15, 0.2) is 11.6 Å². The average molecular weight is 234 g/mol. The first-order valence-corrected chi connectivity index (χ1v) is 5.29. The Bertz CT molecular complexity index is 527. The van der Waals surface area contributed by atoms with Gasteiger partial charge in [-0.25, -0.2) is 8.78 Å². The van der Waals surface area contributed by atoms with E-state index in [4.69, 9.17) is 5.73 Å². The SMILES string of the molecule is Nc1ccncc1CCc1ccc(F)c(F)c1. The molecular weight excluding hydrogens is 222 g/mol. The fraction of sp³-hybridized carbons (Fsp3) is 0.154. The van der Waals surface area contributed by atoms with E-state index < -0.39 is 11.6 Å². The molecule has 2 aromatic rings. The molecule has 0 saturated heterocycles. The third-order valence-electron chi connectivity index (χ3n) is 2.61. The molecule has 0 spiro atoms. The van der Waals surface area contributed by atoms with E-state index in [0.717, 1.165) is 17.2 Å². The largest absolute Gasteiger partial charge is 0.398 e. The Morgan fingerprint density at radius 3 is 2.59 bits per heavy atom. The Morgan fingerprint density at radius 1 is 1.06 bits per heavy atom. The van der Waals surface area contributed by atoms with E-state index in [1.54, 1.807) is 24.5 Å². The second kappa shape index (κ2) is 4.91. The first-order chi connectivity index (χ1) is 8.16. The van der Waals surface area contributed by atoms with Crippen LogP contribution in [0.5, 0.6) is 0 Å². The van der Waals surface area contributed by atoms with Crippen LogP contribution in [0.4, 0.5) is 14.5 Å². The predicted octanol–water partition coefficient (Wildman–Crippen LogP) is 2.73. The maximum Gasteiger partial charge on any atom is 0.159 e.